The first-order valence-electron chi connectivity index (χ1n) is 5.82. The number of nitrogens with zero attached hydrogens (tertiary/aromatic N) is 4. The molecule has 0 aromatic carbocycles. The summed E-state index contributed by atoms with van der Waals surface area (Å²) < 4.78 is 2.02. The van der Waals surface area contributed by atoms with Gasteiger partial charge in [0.1, 0.15) is 5.69 Å². The second-order valence-corrected chi connectivity index (χ2v) is 5.69. The molecular formula is C13H14N4S. The Hall–Kier alpha value is -1.75. The van der Waals surface area contributed by atoms with Crippen LogP contribution in [0.5, 0.6) is 0 Å². The summed E-state index contributed by atoms with van der Waals surface area (Å²) in [7, 11) is 0. The van der Waals surface area contributed by atoms with Gasteiger partial charge in [0, 0.05) is 17.6 Å². The van der Waals surface area contributed by atoms with Crippen LogP contribution in [0.3, 0.4) is 0 Å². The Morgan fingerprint density at radius 2 is 1.83 bits per heavy atom. The zero-order valence-corrected chi connectivity index (χ0v) is 11.7. The van der Waals surface area contributed by atoms with Crippen molar-refractivity contribution in [2.45, 2.75) is 27.7 Å². The topological polar surface area (TPSA) is 43.1 Å². The van der Waals surface area contributed by atoms with Gasteiger partial charge in [-0.2, -0.15) is 0 Å². The lowest BCUT2D eigenvalue weighted by molar-refractivity contribution is 1.01. The molecule has 4 nitrogen and oxygen atoms in total. The molecule has 0 radical (unpaired) electrons. The lowest BCUT2D eigenvalue weighted by Gasteiger charge is -1.98. The maximum atomic E-state index is 4.60. The predicted molar refractivity (Wildman–Crippen MR) is 73.0 cm³/mol. The third kappa shape index (κ3) is 1.71. The molecule has 0 saturated carbocycles. The summed E-state index contributed by atoms with van der Waals surface area (Å²) in [5.74, 6) is 0.757. The van der Waals surface area contributed by atoms with Crippen molar-refractivity contribution in [3.8, 4) is 10.6 Å². The zero-order chi connectivity index (χ0) is 12.9. The summed E-state index contributed by atoms with van der Waals surface area (Å²) in [6.07, 6.45) is 2.04. The fourth-order valence-electron chi connectivity index (χ4n) is 2.15. The number of thiazole rings is 1. The molecule has 0 bridgehead atoms. The third-order valence-electron chi connectivity index (χ3n) is 2.90. The third-order valence-corrected chi connectivity index (χ3v) is 3.99. The fourth-order valence-corrected chi connectivity index (χ4v) is 3.02. The number of hydrogen-bond donors (Lipinski definition) is 0. The van der Waals surface area contributed by atoms with Crippen LogP contribution in [0, 0.1) is 27.7 Å². The van der Waals surface area contributed by atoms with E-state index >= 15 is 0 Å². The van der Waals surface area contributed by atoms with E-state index in [1.54, 1.807) is 11.3 Å². The standard InChI is InChI=1S/C13H14N4S/c1-7-5-8(2)17-6-11(16-13(17)14-7)12-9(3)15-10(4)18-12/h5-6H,1-4H3. The van der Waals surface area contributed by atoms with Crippen molar-refractivity contribution in [2.75, 3.05) is 0 Å². The van der Waals surface area contributed by atoms with E-state index in [1.807, 2.05) is 31.4 Å². The SMILES string of the molecule is Cc1cc(C)n2cc(-c3sc(C)nc3C)nc2n1. The van der Waals surface area contributed by atoms with Crippen LogP contribution in [0.1, 0.15) is 22.1 Å². The molecule has 0 aliphatic rings. The first-order valence-corrected chi connectivity index (χ1v) is 6.64. The normalized spacial score (nSPS) is 11.3. The minimum Gasteiger partial charge on any atom is -0.288 e. The van der Waals surface area contributed by atoms with Crippen LogP contribution < -0.4 is 0 Å². The molecule has 0 amide bonds. The monoisotopic (exact) mass is 258 g/mol. The molecule has 0 saturated heterocycles. The van der Waals surface area contributed by atoms with Crippen LogP contribution in [0.15, 0.2) is 12.3 Å². The molecule has 92 valence electrons. The number of rotatable bonds is 1. The highest BCUT2D eigenvalue weighted by Crippen LogP contribution is 2.29. The fraction of sp³-hybridized carbons (Fsp3) is 0.308. The maximum Gasteiger partial charge on any atom is 0.234 e. The summed E-state index contributed by atoms with van der Waals surface area (Å²) in [5, 5.41) is 1.07. The largest absolute Gasteiger partial charge is 0.288 e. The Morgan fingerprint density at radius 3 is 2.50 bits per heavy atom. The second-order valence-electron chi connectivity index (χ2n) is 4.48. The van der Waals surface area contributed by atoms with E-state index in [4.69, 9.17) is 0 Å². The molecule has 5 heteroatoms. The molecule has 0 aliphatic carbocycles. The smallest absolute Gasteiger partial charge is 0.234 e. The Kier molecular flexibility index (Phi) is 2.45. The van der Waals surface area contributed by atoms with Crippen molar-refractivity contribution in [1.29, 1.82) is 0 Å². The van der Waals surface area contributed by atoms with Crippen LogP contribution in [0.25, 0.3) is 16.3 Å². The van der Waals surface area contributed by atoms with E-state index in [1.165, 1.54) is 0 Å². The Balaban J connectivity index is 2.25. The van der Waals surface area contributed by atoms with Crippen LogP contribution in [-0.2, 0) is 0 Å². The van der Waals surface area contributed by atoms with E-state index < -0.39 is 0 Å². The van der Waals surface area contributed by atoms with E-state index in [9.17, 15) is 0 Å². The molecule has 3 aromatic heterocycles. The molecule has 18 heavy (non-hydrogen) atoms. The highest BCUT2D eigenvalue weighted by molar-refractivity contribution is 7.15. The number of aromatic nitrogens is 4. The molecule has 3 heterocycles. The van der Waals surface area contributed by atoms with Crippen molar-refractivity contribution < 1.29 is 0 Å². The maximum absolute atomic E-state index is 4.60. The van der Waals surface area contributed by atoms with E-state index in [-0.39, 0.29) is 0 Å². The summed E-state index contributed by atoms with van der Waals surface area (Å²) in [5.41, 5.74) is 4.14. The van der Waals surface area contributed by atoms with Crippen LogP contribution in [-0.4, -0.2) is 19.4 Å². The highest BCUT2D eigenvalue weighted by atomic mass is 32.1. The van der Waals surface area contributed by atoms with Gasteiger partial charge in [-0.15, -0.1) is 11.3 Å². The zero-order valence-electron chi connectivity index (χ0n) is 10.9. The van der Waals surface area contributed by atoms with Gasteiger partial charge in [0.05, 0.1) is 15.6 Å². The van der Waals surface area contributed by atoms with Gasteiger partial charge in [-0.05, 0) is 33.8 Å². The quantitative estimate of drug-likeness (QED) is 0.673. The van der Waals surface area contributed by atoms with Gasteiger partial charge in [-0.1, -0.05) is 0 Å². The summed E-state index contributed by atoms with van der Waals surface area (Å²) >= 11 is 1.68. The average Bonchev–Trinajstić information content (AvgIpc) is 2.81. The van der Waals surface area contributed by atoms with Gasteiger partial charge < -0.3 is 0 Å². The lowest BCUT2D eigenvalue weighted by atomic mass is 10.3. The Morgan fingerprint density at radius 1 is 1.06 bits per heavy atom. The highest BCUT2D eigenvalue weighted by Gasteiger charge is 2.12. The minimum absolute atomic E-state index is 0.757. The minimum atomic E-state index is 0.757. The predicted octanol–water partition coefficient (Wildman–Crippen LogP) is 3.09. The van der Waals surface area contributed by atoms with Crippen molar-refractivity contribution >= 4 is 17.1 Å². The molecule has 3 rings (SSSR count). The van der Waals surface area contributed by atoms with Gasteiger partial charge >= 0.3 is 0 Å². The summed E-state index contributed by atoms with van der Waals surface area (Å²) in [4.78, 5) is 14.6. The van der Waals surface area contributed by atoms with Crippen LogP contribution in [0.4, 0.5) is 0 Å². The van der Waals surface area contributed by atoms with Crippen molar-refractivity contribution in [3.63, 3.8) is 0 Å². The van der Waals surface area contributed by atoms with Crippen LogP contribution >= 0.6 is 11.3 Å². The molecule has 0 N–H and O–H groups in total. The van der Waals surface area contributed by atoms with Crippen molar-refractivity contribution in [2.24, 2.45) is 0 Å². The van der Waals surface area contributed by atoms with Gasteiger partial charge in [-0.25, -0.2) is 15.0 Å². The van der Waals surface area contributed by atoms with Crippen LogP contribution in [0.2, 0.25) is 0 Å². The van der Waals surface area contributed by atoms with Crippen molar-refractivity contribution in [1.82, 2.24) is 19.4 Å². The Bertz CT molecular complexity index is 739. The van der Waals surface area contributed by atoms with Gasteiger partial charge in [0.2, 0.25) is 5.78 Å². The molecule has 0 aliphatic heterocycles. The number of aryl methyl sites for hydroxylation is 4. The lowest BCUT2D eigenvalue weighted by Crippen LogP contribution is -1.94. The molecular weight excluding hydrogens is 244 g/mol. The molecule has 0 unspecified atom stereocenters. The molecule has 0 atom stereocenters. The number of fused-ring (bicyclic) bond motifs is 1. The second kappa shape index (κ2) is 3.88. The summed E-state index contributed by atoms with van der Waals surface area (Å²) in [6, 6.07) is 2.06. The van der Waals surface area contributed by atoms with E-state index in [0.717, 1.165) is 38.4 Å². The molecule has 0 spiro atoms. The Labute approximate surface area is 109 Å². The average molecular weight is 258 g/mol. The van der Waals surface area contributed by atoms with Gasteiger partial charge in [0.15, 0.2) is 0 Å². The molecule has 3 aromatic rings. The number of imidazole rings is 1. The van der Waals surface area contributed by atoms with Gasteiger partial charge in [0.25, 0.3) is 0 Å². The van der Waals surface area contributed by atoms with E-state index in [0.29, 0.717) is 0 Å². The van der Waals surface area contributed by atoms with E-state index in [2.05, 4.69) is 27.9 Å². The first-order chi connectivity index (χ1) is 8.54. The van der Waals surface area contributed by atoms with Crippen molar-refractivity contribution in [3.05, 3.63) is 34.4 Å². The first kappa shape index (κ1) is 11.3. The molecule has 0 fully saturated rings. The summed E-state index contributed by atoms with van der Waals surface area (Å²) in [6.45, 7) is 8.10. The number of hydrogen-bond acceptors (Lipinski definition) is 4. The van der Waals surface area contributed by atoms with Gasteiger partial charge in [-0.3, -0.25) is 4.40 Å².